The van der Waals surface area contributed by atoms with Crippen molar-refractivity contribution in [2.75, 3.05) is 26.4 Å². The van der Waals surface area contributed by atoms with Crippen LogP contribution in [-0.4, -0.2) is 41.2 Å². The van der Waals surface area contributed by atoms with Crippen LogP contribution in [-0.2, 0) is 22.8 Å². The van der Waals surface area contributed by atoms with Gasteiger partial charge in [0.2, 0.25) is 0 Å². The van der Waals surface area contributed by atoms with E-state index < -0.39 is 8.80 Å². The first kappa shape index (κ1) is 19.6. The summed E-state index contributed by atoms with van der Waals surface area (Å²) in [6, 6.07) is 0. The molecule has 0 saturated heterocycles. The van der Waals surface area contributed by atoms with Crippen molar-refractivity contribution in [2.24, 2.45) is 0 Å². The number of ether oxygens (including phenoxy) is 1. The van der Waals surface area contributed by atoms with E-state index in [4.69, 9.17) is 13.3 Å². The minimum Gasteiger partial charge on any atom is -0.466 e. The second-order valence-corrected chi connectivity index (χ2v) is 5.51. The Balaban J connectivity index is 0. The van der Waals surface area contributed by atoms with E-state index in [1.165, 1.54) is 6.92 Å². The normalized spacial score (nSPS) is 10.3. The van der Waals surface area contributed by atoms with Gasteiger partial charge in [0.1, 0.15) is 0 Å². The third kappa shape index (κ3) is 10.5. The third-order valence-corrected chi connectivity index (χ3v) is 4.21. The lowest BCUT2D eigenvalue weighted by Gasteiger charge is -2.24. The van der Waals surface area contributed by atoms with Gasteiger partial charge in [0.15, 0.2) is 0 Å². The van der Waals surface area contributed by atoms with Gasteiger partial charge in [0.25, 0.3) is 0 Å². The number of hydrogen-bond acceptors (Lipinski definition) is 5. The summed E-state index contributed by atoms with van der Waals surface area (Å²) in [5.41, 5.74) is 1.67. The Morgan fingerprint density at radius 2 is 1.39 bits per heavy atom. The number of esters is 1. The summed E-state index contributed by atoms with van der Waals surface area (Å²) < 4.78 is 20.7. The van der Waals surface area contributed by atoms with Crippen molar-refractivity contribution in [1.29, 1.82) is 0 Å². The molecule has 6 heteroatoms. The molecule has 0 spiro atoms. The van der Waals surface area contributed by atoms with Crippen LogP contribution in [0.3, 0.4) is 0 Å². The lowest BCUT2D eigenvalue weighted by Crippen LogP contribution is -2.44. The lowest BCUT2D eigenvalue weighted by molar-refractivity contribution is -0.140. The molecule has 0 aromatic heterocycles. The van der Waals surface area contributed by atoms with E-state index in [-0.39, 0.29) is 5.97 Å². The fourth-order valence-corrected chi connectivity index (χ4v) is 2.92. The Morgan fingerprint density at radius 3 is 1.50 bits per heavy atom. The van der Waals surface area contributed by atoms with Gasteiger partial charge in [-0.2, -0.15) is 0 Å². The fraction of sp³-hybridized carbons (Fsp3) is 0.750. The van der Waals surface area contributed by atoms with E-state index >= 15 is 0 Å². The molecule has 18 heavy (non-hydrogen) atoms. The van der Waals surface area contributed by atoms with Crippen molar-refractivity contribution in [3.63, 3.8) is 0 Å². The molecule has 108 valence electrons. The van der Waals surface area contributed by atoms with Gasteiger partial charge in [-0.05, 0) is 33.4 Å². The van der Waals surface area contributed by atoms with Gasteiger partial charge in [-0.1, -0.05) is 6.58 Å². The molecule has 0 bridgehead atoms. The molecule has 0 aliphatic rings. The van der Waals surface area contributed by atoms with Crippen LogP contribution < -0.4 is 0 Å². The standard InChI is InChI=1S/C8H18O3Si.C4H8O2/c1-5-9-12(8-4,10-6-2)11-7-3;1-3-6-4(2)5/h8H,4-7H2,1-3H3;3H2,1-2H3. The molecular formula is C12H26O5Si. The Hall–Kier alpha value is -0.693. The molecule has 0 amide bonds. The highest BCUT2D eigenvalue weighted by Gasteiger charge is 2.36. The highest BCUT2D eigenvalue weighted by atomic mass is 28.4. The van der Waals surface area contributed by atoms with Gasteiger partial charge in [0, 0.05) is 26.7 Å². The van der Waals surface area contributed by atoms with E-state index in [1.54, 1.807) is 12.6 Å². The molecule has 0 aliphatic carbocycles. The first-order chi connectivity index (χ1) is 8.51. The predicted molar refractivity (Wildman–Crippen MR) is 73.1 cm³/mol. The Labute approximate surface area is 111 Å². The van der Waals surface area contributed by atoms with Gasteiger partial charge in [0.05, 0.1) is 6.61 Å². The quantitative estimate of drug-likeness (QED) is 0.504. The SMILES string of the molecule is C=C[Si](OCC)(OCC)OCC.CCOC(C)=O. The lowest BCUT2D eigenvalue weighted by atomic mass is 10.8. The van der Waals surface area contributed by atoms with Gasteiger partial charge in [-0.15, -0.1) is 0 Å². The molecular weight excluding hydrogens is 252 g/mol. The maximum absolute atomic E-state index is 9.82. The largest absolute Gasteiger partial charge is 0.528 e. The molecule has 0 saturated carbocycles. The van der Waals surface area contributed by atoms with Crippen LogP contribution in [0.2, 0.25) is 0 Å². The minimum absolute atomic E-state index is 0.211. The van der Waals surface area contributed by atoms with Crippen LogP contribution in [0.15, 0.2) is 12.3 Å². The average molecular weight is 278 g/mol. The zero-order valence-corrected chi connectivity index (χ0v) is 13.2. The minimum atomic E-state index is -2.51. The molecule has 0 atom stereocenters. The molecule has 0 aromatic carbocycles. The monoisotopic (exact) mass is 278 g/mol. The molecule has 0 heterocycles. The van der Waals surface area contributed by atoms with Crippen LogP contribution >= 0.6 is 0 Å². The summed E-state index contributed by atoms with van der Waals surface area (Å²) in [6.45, 7) is 14.9. The summed E-state index contributed by atoms with van der Waals surface area (Å²) in [5.74, 6) is -0.211. The number of carbonyl (C=O) groups is 1. The van der Waals surface area contributed by atoms with E-state index in [9.17, 15) is 4.79 Å². The second kappa shape index (κ2) is 12.8. The maximum Gasteiger partial charge on any atom is 0.528 e. The van der Waals surface area contributed by atoms with Crippen molar-refractivity contribution >= 4 is 14.8 Å². The summed E-state index contributed by atoms with van der Waals surface area (Å²) in [5, 5.41) is 0. The van der Waals surface area contributed by atoms with Crippen molar-refractivity contribution < 1.29 is 22.8 Å². The summed E-state index contributed by atoms with van der Waals surface area (Å²) in [6.07, 6.45) is 0. The molecule has 0 unspecified atom stereocenters. The average Bonchev–Trinajstić information content (AvgIpc) is 2.30. The fourth-order valence-electron chi connectivity index (χ4n) is 1.11. The Morgan fingerprint density at radius 1 is 1.00 bits per heavy atom. The Kier molecular flexibility index (Phi) is 13.9. The highest BCUT2D eigenvalue weighted by Crippen LogP contribution is 2.10. The van der Waals surface area contributed by atoms with Crippen molar-refractivity contribution in [1.82, 2.24) is 0 Å². The zero-order chi connectivity index (χ0) is 14.4. The van der Waals surface area contributed by atoms with E-state index in [0.29, 0.717) is 26.4 Å². The first-order valence-corrected chi connectivity index (χ1v) is 8.00. The number of hydrogen-bond donors (Lipinski definition) is 0. The van der Waals surface area contributed by atoms with Gasteiger partial charge < -0.3 is 18.0 Å². The van der Waals surface area contributed by atoms with Gasteiger partial charge in [-0.25, -0.2) is 0 Å². The zero-order valence-electron chi connectivity index (χ0n) is 12.2. The molecule has 0 aromatic rings. The van der Waals surface area contributed by atoms with Crippen LogP contribution in [0, 0.1) is 0 Å². The van der Waals surface area contributed by atoms with Crippen LogP contribution in [0.5, 0.6) is 0 Å². The van der Waals surface area contributed by atoms with E-state index in [2.05, 4.69) is 11.3 Å². The van der Waals surface area contributed by atoms with Crippen molar-refractivity contribution in [3.05, 3.63) is 12.3 Å². The van der Waals surface area contributed by atoms with Gasteiger partial charge >= 0.3 is 14.8 Å². The number of rotatable bonds is 8. The Bertz CT molecular complexity index is 203. The topological polar surface area (TPSA) is 54.0 Å². The second-order valence-electron chi connectivity index (χ2n) is 3.03. The molecule has 0 rings (SSSR count). The van der Waals surface area contributed by atoms with Crippen molar-refractivity contribution in [3.8, 4) is 0 Å². The number of carbonyl (C=O) groups excluding carboxylic acids is 1. The van der Waals surface area contributed by atoms with Crippen LogP contribution in [0.4, 0.5) is 0 Å². The molecule has 5 nitrogen and oxygen atoms in total. The van der Waals surface area contributed by atoms with Crippen LogP contribution in [0.25, 0.3) is 0 Å². The molecule has 0 radical (unpaired) electrons. The van der Waals surface area contributed by atoms with E-state index in [1.807, 2.05) is 20.8 Å². The first-order valence-electron chi connectivity index (χ1n) is 6.20. The van der Waals surface area contributed by atoms with Crippen molar-refractivity contribution in [2.45, 2.75) is 34.6 Å². The predicted octanol–water partition coefficient (Wildman–Crippen LogP) is 2.33. The summed E-state index contributed by atoms with van der Waals surface area (Å²) in [4.78, 5) is 9.82. The molecule has 0 N–H and O–H groups in total. The highest BCUT2D eigenvalue weighted by molar-refractivity contribution is 6.66. The van der Waals surface area contributed by atoms with E-state index in [0.717, 1.165) is 0 Å². The van der Waals surface area contributed by atoms with Gasteiger partial charge in [-0.3, -0.25) is 4.79 Å². The summed E-state index contributed by atoms with van der Waals surface area (Å²) >= 11 is 0. The molecule has 0 fully saturated rings. The third-order valence-electron chi connectivity index (χ3n) is 1.63. The summed E-state index contributed by atoms with van der Waals surface area (Å²) in [7, 11) is -2.51. The molecule has 0 aliphatic heterocycles. The maximum atomic E-state index is 9.82. The smallest absolute Gasteiger partial charge is 0.466 e. The van der Waals surface area contributed by atoms with Crippen LogP contribution in [0.1, 0.15) is 34.6 Å².